The van der Waals surface area contributed by atoms with Gasteiger partial charge in [-0.15, -0.1) is 0 Å². The molecular weight excluding hydrogens is 254 g/mol. The molecule has 1 unspecified atom stereocenters. The predicted molar refractivity (Wildman–Crippen MR) is 67.8 cm³/mol. The van der Waals surface area contributed by atoms with Crippen molar-refractivity contribution in [3.8, 4) is 11.5 Å². The molecule has 1 aromatic rings. The van der Waals surface area contributed by atoms with Crippen molar-refractivity contribution < 1.29 is 19.6 Å². The lowest BCUT2D eigenvalue weighted by atomic mass is 10.2. The summed E-state index contributed by atoms with van der Waals surface area (Å²) < 4.78 is 10.5. The number of nitrogens with zero attached hydrogens (tertiary/aromatic N) is 2. The number of hydrogen-bond acceptors (Lipinski definition) is 6. The molecule has 0 bridgehead atoms. The van der Waals surface area contributed by atoms with Gasteiger partial charge in [0.2, 0.25) is 0 Å². The molecule has 0 heterocycles. The summed E-state index contributed by atoms with van der Waals surface area (Å²) in [6.45, 7) is 1.77. The number of oxime groups is 1. The molecule has 0 aromatic heterocycles. The number of non-ortho nitro benzene ring substituents is 1. The zero-order chi connectivity index (χ0) is 14.4. The third-order valence-corrected chi connectivity index (χ3v) is 2.44. The maximum absolute atomic E-state index is 10.7. The Morgan fingerprint density at radius 3 is 2.74 bits per heavy atom. The van der Waals surface area contributed by atoms with Gasteiger partial charge in [-0.1, -0.05) is 12.1 Å². The largest absolute Gasteiger partial charge is 0.493 e. The first kappa shape index (κ1) is 14.6. The average Bonchev–Trinajstić information content (AvgIpc) is 2.43. The van der Waals surface area contributed by atoms with E-state index >= 15 is 0 Å². The van der Waals surface area contributed by atoms with Crippen molar-refractivity contribution in [2.45, 2.75) is 19.4 Å². The van der Waals surface area contributed by atoms with E-state index in [1.807, 2.05) is 0 Å². The van der Waals surface area contributed by atoms with E-state index in [1.54, 1.807) is 6.92 Å². The third kappa shape index (κ3) is 3.47. The van der Waals surface area contributed by atoms with E-state index in [9.17, 15) is 10.1 Å². The van der Waals surface area contributed by atoms with Crippen molar-refractivity contribution in [1.82, 2.24) is 0 Å². The molecule has 0 fully saturated rings. The number of ether oxygens (including phenoxy) is 2. The lowest BCUT2D eigenvalue weighted by Gasteiger charge is -2.17. The summed E-state index contributed by atoms with van der Waals surface area (Å²) in [6.07, 6.45) is -0.261. The van der Waals surface area contributed by atoms with Crippen LogP contribution < -0.4 is 15.2 Å². The summed E-state index contributed by atoms with van der Waals surface area (Å²) in [5.41, 5.74) is 5.33. The van der Waals surface area contributed by atoms with Gasteiger partial charge in [0.25, 0.3) is 5.69 Å². The minimum absolute atomic E-state index is 0.115. The fourth-order valence-electron chi connectivity index (χ4n) is 1.44. The fourth-order valence-corrected chi connectivity index (χ4v) is 1.44. The zero-order valence-corrected chi connectivity index (χ0v) is 10.6. The smallest absolute Gasteiger partial charge is 0.273 e. The van der Waals surface area contributed by atoms with Gasteiger partial charge in [0.15, 0.2) is 23.4 Å². The maximum atomic E-state index is 10.7. The van der Waals surface area contributed by atoms with Gasteiger partial charge in [0.05, 0.1) is 18.1 Å². The zero-order valence-electron chi connectivity index (χ0n) is 10.6. The Morgan fingerprint density at radius 1 is 1.58 bits per heavy atom. The van der Waals surface area contributed by atoms with Crippen LogP contribution >= 0.6 is 0 Å². The number of nitrogens with two attached hydrogens (primary N) is 1. The lowest BCUT2D eigenvalue weighted by Crippen LogP contribution is -2.33. The molecule has 0 saturated heterocycles. The molecular formula is C11H15N3O5. The monoisotopic (exact) mass is 269 g/mol. The molecule has 104 valence electrons. The topological polar surface area (TPSA) is 120 Å². The van der Waals surface area contributed by atoms with E-state index in [0.717, 1.165) is 0 Å². The van der Waals surface area contributed by atoms with E-state index in [-0.39, 0.29) is 17.3 Å². The highest BCUT2D eigenvalue weighted by Crippen LogP contribution is 2.32. The normalized spacial score (nSPS) is 12.8. The van der Waals surface area contributed by atoms with E-state index in [4.69, 9.17) is 20.4 Å². The first-order chi connectivity index (χ1) is 9.03. The first-order valence-corrected chi connectivity index (χ1v) is 5.50. The van der Waals surface area contributed by atoms with Crippen molar-refractivity contribution in [2.75, 3.05) is 7.11 Å². The summed E-state index contributed by atoms with van der Waals surface area (Å²) in [4.78, 5) is 10.2. The standard InChI is InChI=1S/C11H15N3O5/c1-3-8(11(12)13-15)19-10-6-7(14(16)17)4-5-9(10)18-2/h4-6,8,15H,3H2,1-2H3,(H2,12,13). The highest BCUT2D eigenvalue weighted by atomic mass is 16.6. The summed E-state index contributed by atoms with van der Waals surface area (Å²) in [7, 11) is 1.42. The minimum Gasteiger partial charge on any atom is -0.493 e. The molecule has 0 aliphatic rings. The molecule has 3 N–H and O–H groups in total. The Bertz CT molecular complexity index is 489. The van der Waals surface area contributed by atoms with Crippen LogP contribution in [0.2, 0.25) is 0 Å². The molecule has 19 heavy (non-hydrogen) atoms. The second-order valence-electron chi connectivity index (χ2n) is 3.63. The second kappa shape index (κ2) is 6.43. The van der Waals surface area contributed by atoms with Crippen molar-refractivity contribution >= 4 is 11.5 Å². The van der Waals surface area contributed by atoms with Crippen LogP contribution in [0.5, 0.6) is 11.5 Å². The van der Waals surface area contributed by atoms with E-state index < -0.39 is 11.0 Å². The van der Waals surface area contributed by atoms with Gasteiger partial charge in [-0.25, -0.2) is 0 Å². The van der Waals surface area contributed by atoms with E-state index in [0.29, 0.717) is 12.2 Å². The van der Waals surface area contributed by atoms with Crippen molar-refractivity contribution in [2.24, 2.45) is 10.9 Å². The van der Waals surface area contributed by atoms with Gasteiger partial charge < -0.3 is 20.4 Å². The molecule has 0 aliphatic carbocycles. The Hall–Kier alpha value is -2.51. The lowest BCUT2D eigenvalue weighted by molar-refractivity contribution is -0.385. The van der Waals surface area contributed by atoms with E-state index in [1.165, 1.54) is 25.3 Å². The third-order valence-electron chi connectivity index (χ3n) is 2.44. The highest BCUT2D eigenvalue weighted by Gasteiger charge is 2.19. The molecule has 0 radical (unpaired) electrons. The fraction of sp³-hybridized carbons (Fsp3) is 0.364. The molecule has 1 atom stereocenters. The quantitative estimate of drug-likeness (QED) is 0.265. The van der Waals surface area contributed by atoms with Gasteiger partial charge in [-0.2, -0.15) is 0 Å². The number of rotatable bonds is 6. The summed E-state index contributed by atoms with van der Waals surface area (Å²) in [5, 5.41) is 22.2. The SMILES string of the molecule is CCC(Oc1cc([N+](=O)[O-])ccc1OC)C(N)=NO. The van der Waals surface area contributed by atoms with Crippen molar-refractivity contribution in [1.29, 1.82) is 0 Å². The summed E-state index contributed by atoms with van der Waals surface area (Å²) in [6, 6.07) is 3.95. The summed E-state index contributed by atoms with van der Waals surface area (Å²) >= 11 is 0. The predicted octanol–water partition coefficient (Wildman–Crippen LogP) is 1.51. The van der Waals surface area contributed by atoms with Crippen LogP contribution in [-0.4, -0.2) is 29.2 Å². The first-order valence-electron chi connectivity index (χ1n) is 5.50. The van der Waals surface area contributed by atoms with Crippen LogP contribution in [0, 0.1) is 10.1 Å². The highest BCUT2D eigenvalue weighted by molar-refractivity contribution is 5.84. The second-order valence-corrected chi connectivity index (χ2v) is 3.63. The van der Waals surface area contributed by atoms with Crippen LogP contribution in [0.4, 0.5) is 5.69 Å². The molecule has 0 aliphatic heterocycles. The number of amidine groups is 1. The molecule has 0 saturated carbocycles. The number of methoxy groups -OCH3 is 1. The minimum atomic E-state index is -0.694. The van der Waals surface area contributed by atoms with Crippen LogP contribution in [-0.2, 0) is 0 Å². The number of nitro groups is 1. The Kier molecular flexibility index (Phi) is 4.92. The van der Waals surface area contributed by atoms with Gasteiger partial charge >= 0.3 is 0 Å². The van der Waals surface area contributed by atoms with Crippen molar-refractivity contribution in [3.63, 3.8) is 0 Å². The van der Waals surface area contributed by atoms with Crippen LogP contribution in [0.25, 0.3) is 0 Å². The number of hydrogen-bond donors (Lipinski definition) is 2. The maximum Gasteiger partial charge on any atom is 0.273 e. The van der Waals surface area contributed by atoms with Gasteiger partial charge in [0.1, 0.15) is 0 Å². The van der Waals surface area contributed by atoms with Gasteiger partial charge in [-0.05, 0) is 12.5 Å². The van der Waals surface area contributed by atoms with Crippen molar-refractivity contribution in [3.05, 3.63) is 28.3 Å². The summed E-state index contributed by atoms with van der Waals surface area (Å²) in [5.74, 6) is 0.376. The molecule has 0 spiro atoms. The van der Waals surface area contributed by atoms with Crippen LogP contribution in [0.15, 0.2) is 23.4 Å². The van der Waals surface area contributed by atoms with E-state index in [2.05, 4.69) is 5.16 Å². The molecule has 1 aromatic carbocycles. The number of benzene rings is 1. The Labute approximate surface area is 109 Å². The molecule has 8 heteroatoms. The number of nitro benzene ring substituents is 1. The molecule has 8 nitrogen and oxygen atoms in total. The van der Waals surface area contributed by atoms with Crippen LogP contribution in [0.3, 0.4) is 0 Å². The Morgan fingerprint density at radius 2 is 2.26 bits per heavy atom. The average molecular weight is 269 g/mol. The molecule has 1 rings (SSSR count). The van der Waals surface area contributed by atoms with Gasteiger partial charge in [-0.3, -0.25) is 10.1 Å². The Balaban J connectivity index is 3.09. The van der Waals surface area contributed by atoms with Gasteiger partial charge in [0, 0.05) is 6.07 Å². The molecule has 0 amide bonds. The van der Waals surface area contributed by atoms with Crippen LogP contribution in [0.1, 0.15) is 13.3 Å².